The lowest BCUT2D eigenvalue weighted by Gasteiger charge is -2.18. The van der Waals surface area contributed by atoms with E-state index in [-0.39, 0.29) is 22.4 Å². The summed E-state index contributed by atoms with van der Waals surface area (Å²) >= 11 is 5.96. The number of pyridine rings is 1. The van der Waals surface area contributed by atoms with Crippen LogP contribution in [0.4, 0.5) is 21.6 Å². The van der Waals surface area contributed by atoms with E-state index in [1.165, 1.54) is 10.6 Å². The highest BCUT2D eigenvalue weighted by Crippen LogP contribution is 2.45. The number of halogens is 2. The van der Waals surface area contributed by atoms with Crippen molar-refractivity contribution in [2.24, 2.45) is 7.05 Å². The maximum Gasteiger partial charge on any atom is 0.254 e. The molecule has 2 N–H and O–H groups in total. The number of aryl methyl sites for hydroxylation is 2. The Morgan fingerprint density at radius 3 is 2.53 bits per heavy atom. The average molecular weight is 474 g/mol. The summed E-state index contributed by atoms with van der Waals surface area (Å²) in [5, 5.41) is 3.63. The molecule has 1 saturated carbocycles. The molecule has 0 saturated heterocycles. The van der Waals surface area contributed by atoms with Crippen LogP contribution in [-0.2, 0) is 24.5 Å². The monoisotopic (exact) mass is 473 g/mol. The van der Waals surface area contributed by atoms with Gasteiger partial charge in [0, 0.05) is 23.6 Å². The summed E-state index contributed by atoms with van der Waals surface area (Å²) in [5.41, 5.74) is 3.02. The minimum Gasteiger partial charge on any atom is -0.337 e. The zero-order valence-corrected chi connectivity index (χ0v) is 19.7. The summed E-state index contributed by atoms with van der Waals surface area (Å²) in [6, 6.07) is 14.2. The van der Waals surface area contributed by atoms with E-state index >= 15 is 0 Å². The molecule has 2 aromatic carbocycles. The standard InChI is InChI=1S/C24H25ClFN3O2S/c1-4-15-5-10-20(19(26)12-15)27-23-21(11-14(2)24(30)29(23)3)28-32(31)22-13-18(22)16-6-8-17(25)9-7-16/h5-12,18,22,27-28H,4,13H2,1-3H3. The topological polar surface area (TPSA) is 63.1 Å². The van der Waals surface area contributed by atoms with Crippen LogP contribution >= 0.6 is 11.6 Å². The molecule has 1 fully saturated rings. The molecule has 4 rings (SSSR count). The molecule has 1 heterocycles. The number of nitrogens with one attached hydrogen (secondary N) is 2. The first-order valence-corrected chi connectivity index (χ1v) is 12.1. The van der Waals surface area contributed by atoms with E-state index in [9.17, 15) is 13.4 Å². The first-order chi connectivity index (χ1) is 15.3. The van der Waals surface area contributed by atoms with Gasteiger partial charge in [-0.1, -0.05) is 36.7 Å². The van der Waals surface area contributed by atoms with Crippen LogP contribution in [0.2, 0.25) is 5.02 Å². The van der Waals surface area contributed by atoms with E-state index in [0.717, 1.165) is 24.0 Å². The van der Waals surface area contributed by atoms with Crippen LogP contribution in [0.15, 0.2) is 53.3 Å². The SMILES string of the molecule is CCc1ccc(Nc2c(NS(=O)C3CC3c3ccc(Cl)cc3)cc(C)c(=O)n2C)c(F)c1. The molecule has 0 spiro atoms. The van der Waals surface area contributed by atoms with Crippen molar-refractivity contribution in [2.75, 3.05) is 10.0 Å². The summed E-state index contributed by atoms with van der Waals surface area (Å²) in [6.07, 6.45) is 1.52. The fourth-order valence-electron chi connectivity index (χ4n) is 3.78. The predicted octanol–water partition coefficient (Wildman–Crippen LogP) is 5.42. The van der Waals surface area contributed by atoms with Gasteiger partial charge in [-0.3, -0.25) is 9.36 Å². The Balaban J connectivity index is 1.59. The third-order valence-electron chi connectivity index (χ3n) is 5.80. The van der Waals surface area contributed by atoms with Gasteiger partial charge in [-0.15, -0.1) is 0 Å². The molecule has 168 valence electrons. The lowest BCUT2D eigenvalue weighted by molar-refractivity contribution is 0.629. The number of hydrogen-bond donors (Lipinski definition) is 2. The van der Waals surface area contributed by atoms with Crippen LogP contribution in [-0.4, -0.2) is 14.0 Å². The molecule has 32 heavy (non-hydrogen) atoms. The average Bonchev–Trinajstić information content (AvgIpc) is 3.57. The van der Waals surface area contributed by atoms with Crippen LogP contribution < -0.4 is 15.6 Å². The van der Waals surface area contributed by atoms with Gasteiger partial charge in [0.05, 0.1) is 16.6 Å². The molecule has 3 aromatic rings. The third-order valence-corrected chi connectivity index (χ3v) is 7.55. The third kappa shape index (κ3) is 4.59. The summed E-state index contributed by atoms with van der Waals surface area (Å²) < 4.78 is 32.1. The second kappa shape index (κ2) is 9.08. The fraction of sp³-hybridized carbons (Fsp3) is 0.292. The van der Waals surface area contributed by atoms with Crippen LogP contribution in [0.25, 0.3) is 0 Å². The summed E-state index contributed by atoms with van der Waals surface area (Å²) in [6.45, 7) is 3.66. The summed E-state index contributed by atoms with van der Waals surface area (Å²) in [5.74, 6) is 0.139. The first kappa shape index (κ1) is 22.6. The molecule has 3 atom stereocenters. The highest BCUT2D eigenvalue weighted by atomic mass is 35.5. The van der Waals surface area contributed by atoms with Gasteiger partial charge in [-0.2, -0.15) is 0 Å². The van der Waals surface area contributed by atoms with E-state index in [2.05, 4.69) is 10.0 Å². The maximum absolute atomic E-state index is 14.6. The van der Waals surface area contributed by atoms with Gasteiger partial charge >= 0.3 is 0 Å². The van der Waals surface area contributed by atoms with Gasteiger partial charge in [-0.25, -0.2) is 8.60 Å². The molecular formula is C24H25ClFN3O2S. The number of nitrogens with zero attached hydrogens (tertiary/aromatic N) is 1. The van der Waals surface area contributed by atoms with E-state index in [1.807, 2.05) is 37.3 Å². The fourth-order valence-corrected chi connectivity index (χ4v) is 5.27. The second-order valence-electron chi connectivity index (χ2n) is 8.08. The zero-order valence-electron chi connectivity index (χ0n) is 18.1. The highest BCUT2D eigenvalue weighted by Gasteiger charge is 2.43. The van der Waals surface area contributed by atoms with Gasteiger partial charge in [0.1, 0.15) is 22.6 Å². The van der Waals surface area contributed by atoms with E-state index in [0.29, 0.717) is 22.1 Å². The smallest absolute Gasteiger partial charge is 0.254 e. The lowest BCUT2D eigenvalue weighted by atomic mass is 10.1. The van der Waals surface area contributed by atoms with Gasteiger partial charge < -0.3 is 10.0 Å². The van der Waals surface area contributed by atoms with Crippen LogP contribution in [0, 0.1) is 12.7 Å². The highest BCUT2D eigenvalue weighted by molar-refractivity contribution is 7.87. The maximum atomic E-state index is 14.6. The van der Waals surface area contributed by atoms with Crippen molar-refractivity contribution in [2.45, 2.75) is 37.9 Å². The molecule has 3 unspecified atom stereocenters. The molecule has 0 aliphatic heterocycles. The second-order valence-corrected chi connectivity index (χ2v) is 9.92. The molecule has 1 aliphatic rings. The van der Waals surface area contributed by atoms with Crippen molar-refractivity contribution >= 4 is 39.8 Å². The Bertz CT molecular complexity index is 1240. The molecule has 0 radical (unpaired) electrons. The van der Waals surface area contributed by atoms with Crippen molar-refractivity contribution in [1.29, 1.82) is 0 Å². The van der Waals surface area contributed by atoms with E-state index in [4.69, 9.17) is 11.6 Å². The normalized spacial score (nSPS) is 18.3. The molecule has 1 aliphatic carbocycles. The minimum atomic E-state index is -1.38. The first-order valence-electron chi connectivity index (χ1n) is 10.5. The Kier molecular flexibility index (Phi) is 6.40. The largest absolute Gasteiger partial charge is 0.337 e. The summed E-state index contributed by atoms with van der Waals surface area (Å²) in [7, 11) is 0.227. The van der Waals surface area contributed by atoms with Crippen LogP contribution in [0.5, 0.6) is 0 Å². The number of aromatic nitrogens is 1. The van der Waals surface area contributed by atoms with Crippen molar-refractivity contribution in [3.05, 3.63) is 86.4 Å². The Morgan fingerprint density at radius 1 is 1.16 bits per heavy atom. The quantitative estimate of drug-likeness (QED) is 0.481. The van der Waals surface area contributed by atoms with Crippen molar-refractivity contribution < 1.29 is 8.60 Å². The van der Waals surface area contributed by atoms with Crippen molar-refractivity contribution in [3.63, 3.8) is 0 Å². The number of benzene rings is 2. The molecular weight excluding hydrogens is 449 g/mol. The molecule has 5 nitrogen and oxygen atoms in total. The molecule has 8 heteroatoms. The number of rotatable bonds is 7. The van der Waals surface area contributed by atoms with Crippen LogP contribution in [0.1, 0.15) is 36.0 Å². The Labute approximate surface area is 194 Å². The van der Waals surface area contributed by atoms with Gasteiger partial charge in [0.2, 0.25) is 0 Å². The van der Waals surface area contributed by atoms with Crippen molar-refractivity contribution in [3.8, 4) is 0 Å². The molecule has 0 amide bonds. The van der Waals surface area contributed by atoms with Gasteiger partial charge in [0.25, 0.3) is 5.56 Å². The van der Waals surface area contributed by atoms with E-state index in [1.54, 1.807) is 26.1 Å². The van der Waals surface area contributed by atoms with Gasteiger partial charge in [-0.05, 0) is 61.2 Å². The van der Waals surface area contributed by atoms with Crippen LogP contribution in [0.3, 0.4) is 0 Å². The summed E-state index contributed by atoms with van der Waals surface area (Å²) in [4.78, 5) is 12.5. The predicted molar refractivity (Wildman–Crippen MR) is 130 cm³/mol. The zero-order chi connectivity index (χ0) is 23.0. The number of hydrogen-bond acceptors (Lipinski definition) is 3. The Hall–Kier alpha value is -2.64. The van der Waals surface area contributed by atoms with E-state index < -0.39 is 16.8 Å². The molecule has 0 bridgehead atoms. The number of anilines is 3. The minimum absolute atomic E-state index is 0.0536. The Morgan fingerprint density at radius 2 is 1.88 bits per heavy atom. The molecule has 1 aromatic heterocycles. The van der Waals surface area contributed by atoms with Crippen molar-refractivity contribution in [1.82, 2.24) is 4.57 Å². The lowest BCUT2D eigenvalue weighted by Crippen LogP contribution is -2.24. The van der Waals surface area contributed by atoms with Gasteiger partial charge in [0.15, 0.2) is 0 Å².